The molecule has 2 atom stereocenters. The molecule has 0 aliphatic heterocycles. The minimum Gasteiger partial charge on any atom is -0.494 e. The minimum absolute atomic E-state index is 0.00732. The molecule has 1 aromatic carbocycles. The predicted octanol–water partition coefficient (Wildman–Crippen LogP) is 1.69. The fourth-order valence-electron chi connectivity index (χ4n) is 1.73. The maximum Gasteiger partial charge on any atom is 0.251 e. The zero-order valence-electron chi connectivity index (χ0n) is 10.9. The number of benzene rings is 1. The Morgan fingerprint density at radius 1 is 1.50 bits per heavy atom. The molecule has 5 heteroatoms. The number of methoxy groups -OCH3 is 1. The predicted molar refractivity (Wildman–Crippen MR) is 68.1 cm³/mol. The number of carbonyl (C=O) groups excluding carboxylic acids is 1. The summed E-state index contributed by atoms with van der Waals surface area (Å²) in [7, 11) is 1.38. The molecular formula is C13H19FN2O2. The van der Waals surface area contributed by atoms with Gasteiger partial charge in [0.05, 0.1) is 7.11 Å². The number of halogens is 1. The minimum atomic E-state index is -0.551. The van der Waals surface area contributed by atoms with Gasteiger partial charge in [0, 0.05) is 17.6 Å². The van der Waals surface area contributed by atoms with Crippen LogP contribution in [-0.4, -0.2) is 25.1 Å². The van der Waals surface area contributed by atoms with E-state index in [1.54, 1.807) is 0 Å². The summed E-state index contributed by atoms with van der Waals surface area (Å²) >= 11 is 0. The number of rotatable bonds is 5. The third-order valence-corrected chi connectivity index (χ3v) is 2.52. The van der Waals surface area contributed by atoms with Gasteiger partial charge in [-0.25, -0.2) is 4.39 Å². The second-order valence-corrected chi connectivity index (χ2v) is 4.44. The fraction of sp³-hybridized carbons (Fsp3) is 0.462. The Morgan fingerprint density at radius 2 is 2.17 bits per heavy atom. The second kappa shape index (κ2) is 6.35. The Balaban J connectivity index is 2.70. The molecule has 4 nitrogen and oxygen atoms in total. The van der Waals surface area contributed by atoms with Crippen molar-refractivity contribution >= 4 is 5.91 Å². The molecule has 0 saturated carbocycles. The van der Waals surface area contributed by atoms with Crippen LogP contribution in [0.25, 0.3) is 0 Å². The average Bonchev–Trinajstić information content (AvgIpc) is 2.27. The third-order valence-electron chi connectivity index (χ3n) is 2.52. The molecule has 0 heterocycles. The lowest BCUT2D eigenvalue weighted by molar-refractivity contribution is 0.0937. The number of hydrogen-bond acceptors (Lipinski definition) is 3. The van der Waals surface area contributed by atoms with Crippen molar-refractivity contribution in [3.05, 3.63) is 29.6 Å². The van der Waals surface area contributed by atoms with E-state index < -0.39 is 5.82 Å². The molecule has 1 aromatic rings. The number of hydrogen-bond donors (Lipinski definition) is 2. The maximum atomic E-state index is 13.4. The highest BCUT2D eigenvalue weighted by molar-refractivity contribution is 5.94. The first-order valence-corrected chi connectivity index (χ1v) is 5.84. The molecule has 18 heavy (non-hydrogen) atoms. The van der Waals surface area contributed by atoms with Crippen LogP contribution in [0.4, 0.5) is 4.39 Å². The van der Waals surface area contributed by atoms with E-state index in [0.29, 0.717) is 6.42 Å². The molecule has 0 spiro atoms. The van der Waals surface area contributed by atoms with Crippen LogP contribution in [0.15, 0.2) is 18.2 Å². The van der Waals surface area contributed by atoms with E-state index in [0.717, 1.165) is 6.07 Å². The van der Waals surface area contributed by atoms with Crippen molar-refractivity contribution < 1.29 is 13.9 Å². The summed E-state index contributed by atoms with van der Waals surface area (Å²) in [4.78, 5) is 11.8. The van der Waals surface area contributed by atoms with Gasteiger partial charge in [0.2, 0.25) is 0 Å². The molecule has 0 aliphatic rings. The number of nitrogens with two attached hydrogens (primary N) is 1. The van der Waals surface area contributed by atoms with Gasteiger partial charge in [-0.3, -0.25) is 4.79 Å². The largest absolute Gasteiger partial charge is 0.494 e. The molecule has 0 fully saturated rings. The van der Waals surface area contributed by atoms with Gasteiger partial charge in [0.15, 0.2) is 11.6 Å². The molecule has 2 unspecified atom stereocenters. The Labute approximate surface area is 106 Å². The molecule has 0 saturated heterocycles. The summed E-state index contributed by atoms with van der Waals surface area (Å²) in [5.41, 5.74) is 5.91. The van der Waals surface area contributed by atoms with E-state index in [1.807, 2.05) is 13.8 Å². The van der Waals surface area contributed by atoms with E-state index in [2.05, 4.69) is 5.32 Å². The summed E-state index contributed by atoms with van der Waals surface area (Å²) in [6.45, 7) is 3.73. The molecule has 0 bridgehead atoms. The van der Waals surface area contributed by atoms with Crippen LogP contribution in [0.3, 0.4) is 0 Å². The molecule has 0 aliphatic carbocycles. The fourth-order valence-corrected chi connectivity index (χ4v) is 1.73. The molecule has 3 N–H and O–H groups in total. The van der Waals surface area contributed by atoms with Crippen LogP contribution >= 0.6 is 0 Å². The second-order valence-electron chi connectivity index (χ2n) is 4.44. The van der Waals surface area contributed by atoms with E-state index in [1.165, 1.54) is 19.2 Å². The van der Waals surface area contributed by atoms with Gasteiger partial charge in [-0.15, -0.1) is 0 Å². The summed E-state index contributed by atoms with van der Waals surface area (Å²) < 4.78 is 18.2. The van der Waals surface area contributed by atoms with E-state index in [-0.39, 0.29) is 29.3 Å². The van der Waals surface area contributed by atoms with Gasteiger partial charge in [-0.1, -0.05) is 0 Å². The standard InChI is InChI=1S/C13H19FN2O2/c1-8(15)6-9(2)16-13(17)10-4-5-12(18-3)11(14)7-10/h4-5,7-9H,6,15H2,1-3H3,(H,16,17). The van der Waals surface area contributed by atoms with Crippen LogP contribution in [0.2, 0.25) is 0 Å². The molecule has 1 rings (SSSR count). The summed E-state index contributed by atoms with van der Waals surface area (Å²) in [6, 6.07) is 4.07. The zero-order valence-corrected chi connectivity index (χ0v) is 10.9. The van der Waals surface area contributed by atoms with Crippen molar-refractivity contribution in [1.82, 2.24) is 5.32 Å². The number of carbonyl (C=O) groups is 1. The lowest BCUT2D eigenvalue weighted by Gasteiger charge is -2.16. The van der Waals surface area contributed by atoms with Crippen LogP contribution < -0.4 is 15.8 Å². The monoisotopic (exact) mass is 254 g/mol. The van der Waals surface area contributed by atoms with Gasteiger partial charge in [-0.05, 0) is 38.5 Å². The van der Waals surface area contributed by atoms with Gasteiger partial charge in [-0.2, -0.15) is 0 Å². The molecule has 100 valence electrons. The van der Waals surface area contributed by atoms with Crippen molar-refractivity contribution in [2.75, 3.05) is 7.11 Å². The summed E-state index contributed by atoms with van der Waals surface area (Å²) in [5.74, 6) is -0.745. The number of ether oxygens (including phenoxy) is 1. The van der Waals surface area contributed by atoms with Crippen molar-refractivity contribution in [2.45, 2.75) is 32.4 Å². The van der Waals surface area contributed by atoms with Gasteiger partial charge >= 0.3 is 0 Å². The number of nitrogens with one attached hydrogen (secondary N) is 1. The molecule has 0 radical (unpaired) electrons. The van der Waals surface area contributed by atoms with Crippen LogP contribution in [0, 0.1) is 5.82 Å². The molecule has 1 amide bonds. The first-order valence-electron chi connectivity index (χ1n) is 5.84. The lowest BCUT2D eigenvalue weighted by atomic mass is 10.1. The highest BCUT2D eigenvalue weighted by atomic mass is 19.1. The maximum absolute atomic E-state index is 13.4. The van der Waals surface area contributed by atoms with Crippen molar-refractivity contribution in [3.8, 4) is 5.75 Å². The smallest absolute Gasteiger partial charge is 0.251 e. The highest BCUT2D eigenvalue weighted by Gasteiger charge is 2.13. The summed E-state index contributed by atoms with van der Waals surface area (Å²) in [5, 5.41) is 2.77. The van der Waals surface area contributed by atoms with Crippen molar-refractivity contribution in [3.63, 3.8) is 0 Å². The third kappa shape index (κ3) is 4.00. The Kier molecular flexibility index (Phi) is 5.09. The highest BCUT2D eigenvalue weighted by Crippen LogP contribution is 2.17. The quantitative estimate of drug-likeness (QED) is 0.840. The van der Waals surface area contributed by atoms with E-state index in [9.17, 15) is 9.18 Å². The summed E-state index contributed by atoms with van der Waals surface area (Å²) in [6.07, 6.45) is 0.671. The Hall–Kier alpha value is -1.62. The van der Waals surface area contributed by atoms with Gasteiger partial charge < -0.3 is 15.8 Å². The molecular weight excluding hydrogens is 235 g/mol. The lowest BCUT2D eigenvalue weighted by Crippen LogP contribution is -2.36. The van der Waals surface area contributed by atoms with Gasteiger partial charge in [0.25, 0.3) is 5.91 Å². The number of amides is 1. The van der Waals surface area contributed by atoms with Crippen LogP contribution in [0.5, 0.6) is 5.75 Å². The van der Waals surface area contributed by atoms with Crippen LogP contribution in [0.1, 0.15) is 30.6 Å². The average molecular weight is 254 g/mol. The van der Waals surface area contributed by atoms with Crippen molar-refractivity contribution in [1.29, 1.82) is 0 Å². The van der Waals surface area contributed by atoms with E-state index in [4.69, 9.17) is 10.5 Å². The van der Waals surface area contributed by atoms with E-state index >= 15 is 0 Å². The normalized spacial score (nSPS) is 13.8. The first kappa shape index (κ1) is 14.4. The zero-order chi connectivity index (χ0) is 13.7. The SMILES string of the molecule is COc1ccc(C(=O)NC(C)CC(C)N)cc1F. The first-order chi connectivity index (χ1) is 8.43. The van der Waals surface area contributed by atoms with Gasteiger partial charge in [0.1, 0.15) is 0 Å². The van der Waals surface area contributed by atoms with Crippen LogP contribution in [-0.2, 0) is 0 Å². The Bertz CT molecular complexity index is 421. The Morgan fingerprint density at radius 3 is 2.67 bits per heavy atom. The van der Waals surface area contributed by atoms with Crippen molar-refractivity contribution in [2.24, 2.45) is 5.73 Å². The topological polar surface area (TPSA) is 64.3 Å². The molecule has 0 aromatic heterocycles.